The Hall–Kier alpha value is -1.72. The molecule has 0 saturated carbocycles. The smallest absolute Gasteiger partial charge is 0.231 e. The summed E-state index contributed by atoms with van der Waals surface area (Å²) in [5, 5.41) is 5.23. The van der Waals surface area contributed by atoms with Gasteiger partial charge < -0.3 is 9.47 Å². The zero-order valence-electron chi connectivity index (χ0n) is 14.9. The van der Waals surface area contributed by atoms with Crippen molar-refractivity contribution in [1.29, 1.82) is 0 Å². The van der Waals surface area contributed by atoms with Gasteiger partial charge in [0, 0.05) is 48.5 Å². The van der Waals surface area contributed by atoms with E-state index in [1.54, 1.807) is 0 Å². The van der Waals surface area contributed by atoms with Gasteiger partial charge in [0.2, 0.25) is 6.79 Å². The Labute approximate surface area is 148 Å². The van der Waals surface area contributed by atoms with E-state index < -0.39 is 0 Å². The first-order valence-corrected chi connectivity index (χ1v) is 8.55. The maximum Gasteiger partial charge on any atom is 0.231 e. The second-order valence-electron chi connectivity index (χ2n) is 6.57. The lowest BCUT2D eigenvalue weighted by Crippen LogP contribution is -2.30. The molecule has 1 aromatic heterocycles. The molecule has 0 bridgehead atoms. The number of ether oxygens (including phenoxy) is 2. The highest BCUT2D eigenvalue weighted by atomic mass is 35.5. The second kappa shape index (κ2) is 6.65. The predicted octanol–water partition coefficient (Wildman–Crippen LogP) is 3.83. The minimum absolute atomic E-state index is 0.261. The van der Waals surface area contributed by atoms with Crippen LogP contribution in [-0.2, 0) is 20.1 Å². The van der Waals surface area contributed by atoms with Gasteiger partial charge in [-0.05, 0) is 39.3 Å². The van der Waals surface area contributed by atoms with Crippen LogP contribution < -0.4 is 9.47 Å². The second-order valence-corrected chi connectivity index (χ2v) is 6.98. The third-order valence-electron chi connectivity index (χ3n) is 4.67. The fourth-order valence-electron chi connectivity index (χ4n) is 2.97. The quantitative estimate of drug-likeness (QED) is 0.822. The van der Waals surface area contributed by atoms with Crippen LogP contribution in [0.2, 0.25) is 5.02 Å². The molecule has 1 aliphatic rings. The largest absolute Gasteiger partial charge is 0.454 e. The molecule has 1 aromatic carbocycles. The standard InChI is InChI=1S/C18H24ClN3O2/c1-11(2)22(9-15-12(3)20-21(5)13(15)4)8-14-6-17-18(7-16(14)19)24-10-23-17/h6-7,11H,8-10H2,1-5H3. The summed E-state index contributed by atoms with van der Waals surface area (Å²) in [5.41, 5.74) is 4.62. The highest BCUT2D eigenvalue weighted by Crippen LogP contribution is 2.37. The molecule has 0 atom stereocenters. The molecule has 0 aliphatic carbocycles. The summed E-state index contributed by atoms with van der Waals surface area (Å²) in [5.74, 6) is 1.49. The fourth-order valence-corrected chi connectivity index (χ4v) is 3.18. The van der Waals surface area contributed by atoms with Crippen LogP contribution in [0.1, 0.15) is 36.4 Å². The van der Waals surface area contributed by atoms with Crippen molar-refractivity contribution >= 4 is 11.6 Å². The fraction of sp³-hybridized carbons (Fsp3) is 0.500. The molecule has 0 spiro atoms. The van der Waals surface area contributed by atoms with Crippen LogP contribution in [0.4, 0.5) is 0 Å². The molecule has 0 N–H and O–H groups in total. The van der Waals surface area contributed by atoms with E-state index in [1.807, 2.05) is 23.9 Å². The van der Waals surface area contributed by atoms with E-state index in [9.17, 15) is 0 Å². The lowest BCUT2D eigenvalue weighted by molar-refractivity contribution is 0.173. The van der Waals surface area contributed by atoms with Crippen molar-refractivity contribution < 1.29 is 9.47 Å². The minimum Gasteiger partial charge on any atom is -0.454 e. The molecule has 24 heavy (non-hydrogen) atoms. The van der Waals surface area contributed by atoms with Crippen LogP contribution >= 0.6 is 11.6 Å². The first-order valence-electron chi connectivity index (χ1n) is 8.18. The van der Waals surface area contributed by atoms with Crippen molar-refractivity contribution in [3.63, 3.8) is 0 Å². The van der Waals surface area contributed by atoms with Gasteiger partial charge in [0.25, 0.3) is 0 Å². The molecule has 6 heteroatoms. The molecule has 0 fully saturated rings. The van der Waals surface area contributed by atoms with Crippen LogP contribution in [0.25, 0.3) is 0 Å². The number of aromatic nitrogens is 2. The summed E-state index contributed by atoms with van der Waals surface area (Å²) >= 11 is 6.45. The Balaban J connectivity index is 1.85. The lowest BCUT2D eigenvalue weighted by atomic mass is 10.1. The van der Waals surface area contributed by atoms with Gasteiger partial charge in [0.15, 0.2) is 11.5 Å². The number of aryl methyl sites for hydroxylation is 2. The van der Waals surface area contributed by atoms with E-state index in [0.717, 1.165) is 35.8 Å². The van der Waals surface area contributed by atoms with Gasteiger partial charge in [-0.2, -0.15) is 5.10 Å². The average molecular weight is 350 g/mol. The number of hydrogen-bond acceptors (Lipinski definition) is 4. The van der Waals surface area contributed by atoms with Gasteiger partial charge in [-0.15, -0.1) is 0 Å². The zero-order chi connectivity index (χ0) is 17.4. The molecule has 2 heterocycles. The van der Waals surface area contributed by atoms with E-state index in [1.165, 1.54) is 11.3 Å². The Morgan fingerprint density at radius 2 is 1.88 bits per heavy atom. The summed E-state index contributed by atoms with van der Waals surface area (Å²) in [6.07, 6.45) is 0. The topological polar surface area (TPSA) is 39.5 Å². The monoisotopic (exact) mass is 349 g/mol. The molecule has 5 nitrogen and oxygen atoms in total. The van der Waals surface area contributed by atoms with Crippen LogP contribution in [0, 0.1) is 13.8 Å². The van der Waals surface area contributed by atoms with E-state index in [2.05, 4.69) is 37.7 Å². The number of benzene rings is 1. The third kappa shape index (κ3) is 3.23. The first kappa shape index (κ1) is 17.1. The van der Waals surface area contributed by atoms with Crippen molar-refractivity contribution in [2.24, 2.45) is 7.05 Å². The van der Waals surface area contributed by atoms with Gasteiger partial charge in [-0.1, -0.05) is 11.6 Å². The molecule has 0 saturated heterocycles. The maximum atomic E-state index is 6.45. The molecule has 0 radical (unpaired) electrons. The highest BCUT2D eigenvalue weighted by molar-refractivity contribution is 6.31. The molecular weight excluding hydrogens is 326 g/mol. The van der Waals surface area contributed by atoms with E-state index in [4.69, 9.17) is 21.1 Å². The minimum atomic E-state index is 0.261. The Bertz CT molecular complexity index is 755. The van der Waals surface area contributed by atoms with Gasteiger partial charge in [0.05, 0.1) is 5.69 Å². The number of fused-ring (bicyclic) bond motifs is 1. The summed E-state index contributed by atoms with van der Waals surface area (Å²) in [6.45, 7) is 10.4. The first-order chi connectivity index (χ1) is 11.4. The molecule has 0 unspecified atom stereocenters. The van der Waals surface area contributed by atoms with Gasteiger partial charge in [-0.25, -0.2) is 0 Å². The number of halogens is 1. The van der Waals surface area contributed by atoms with Gasteiger partial charge in [0.1, 0.15) is 0 Å². The average Bonchev–Trinajstić information content (AvgIpc) is 3.05. The molecule has 1 aliphatic heterocycles. The molecule has 3 rings (SSSR count). The Kier molecular flexibility index (Phi) is 4.74. The van der Waals surface area contributed by atoms with Crippen LogP contribution in [0.5, 0.6) is 11.5 Å². The predicted molar refractivity (Wildman–Crippen MR) is 94.6 cm³/mol. The zero-order valence-corrected chi connectivity index (χ0v) is 15.6. The lowest BCUT2D eigenvalue weighted by Gasteiger charge is -2.27. The summed E-state index contributed by atoms with van der Waals surface area (Å²) in [4.78, 5) is 2.39. The number of hydrogen-bond donors (Lipinski definition) is 0. The van der Waals surface area contributed by atoms with Crippen molar-refractivity contribution in [3.8, 4) is 11.5 Å². The van der Waals surface area contributed by atoms with Crippen molar-refractivity contribution in [2.45, 2.75) is 46.8 Å². The Morgan fingerprint density at radius 1 is 1.21 bits per heavy atom. The molecule has 130 valence electrons. The van der Waals surface area contributed by atoms with E-state index in [0.29, 0.717) is 11.1 Å². The van der Waals surface area contributed by atoms with Crippen LogP contribution in [-0.4, -0.2) is 27.5 Å². The summed E-state index contributed by atoms with van der Waals surface area (Å²) < 4.78 is 12.8. The summed E-state index contributed by atoms with van der Waals surface area (Å²) in [6, 6.07) is 4.21. The van der Waals surface area contributed by atoms with Crippen LogP contribution in [0.3, 0.4) is 0 Å². The van der Waals surface area contributed by atoms with Crippen molar-refractivity contribution in [2.75, 3.05) is 6.79 Å². The molecule has 2 aromatic rings. The third-order valence-corrected chi connectivity index (χ3v) is 5.02. The van der Waals surface area contributed by atoms with E-state index >= 15 is 0 Å². The number of nitrogens with zero attached hydrogens (tertiary/aromatic N) is 3. The van der Waals surface area contributed by atoms with E-state index in [-0.39, 0.29) is 6.79 Å². The molecular formula is C18H24ClN3O2. The molecule has 0 amide bonds. The van der Waals surface area contributed by atoms with Gasteiger partial charge in [-0.3, -0.25) is 9.58 Å². The van der Waals surface area contributed by atoms with Crippen molar-refractivity contribution in [1.82, 2.24) is 14.7 Å². The van der Waals surface area contributed by atoms with Gasteiger partial charge >= 0.3 is 0 Å². The highest BCUT2D eigenvalue weighted by Gasteiger charge is 2.21. The summed E-state index contributed by atoms with van der Waals surface area (Å²) in [7, 11) is 1.99. The normalized spacial score (nSPS) is 13.3. The number of rotatable bonds is 5. The van der Waals surface area contributed by atoms with Crippen LogP contribution in [0.15, 0.2) is 12.1 Å². The van der Waals surface area contributed by atoms with Crippen molar-refractivity contribution in [3.05, 3.63) is 39.7 Å². The SMILES string of the molecule is Cc1nn(C)c(C)c1CN(Cc1cc2c(cc1Cl)OCO2)C(C)C. The Morgan fingerprint density at radius 3 is 2.46 bits per heavy atom. The maximum absolute atomic E-state index is 6.45.